The summed E-state index contributed by atoms with van der Waals surface area (Å²) in [5, 5.41) is 7.26. The van der Waals surface area contributed by atoms with Crippen LogP contribution in [-0.2, 0) is 19.5 Å². The van der Waals surface area contributed by atoms with E-state index in [0.29, 0.717) is 0 Å². The van der Waals surface area contributed by atoms with Gasteiger partial charge in [0.15, 0.2) is 0 Å². The van der Waals surface area contributed by atoms with E-state index in [-0.39, 0.29) is 5.60 Å². The molecule has 0 amide bonds. The smallest absolute Gasteiger partial charge is 0.123 e. The summed E-state index contributed by atoms with van der Waals surface area (Å²) in [6, 6.07) is 8.78. The number of nitrogens with one attached hydrogen (secondary N) is 1. The predicted octanol–water partition coefficient (Wildman–Crippen LogP) is 2.59. The third-order valence-electron chi connectivity index (χ3n) is 6.05. The topological polar surface area (TPSA) is 44.4 Å². The molecule has 1 aromatic carbocycles. The zero-order chi connectivity index (χ0) is 16.7. The van der Waals surface area contributed by atoms with Crippen LogP contribution in [0, 0.1) is 0 Å². The number of fused-ring (bicyclic) bond motifs is 3. The quantitative estimate of drug-likeness (QED) is 0.931. The van der Waals surface area contributed by atoms with Crippen LogP contribution in [0.2, 0.25) is 0 Å². The minimum Gasteiger partial charge on any atom is -0.486 e. The summed E-state index contributed by atoms with van der Waals surface area (Å²) in [7, 11) is 0. The van der Waals surface area contributed by atoms with Gasteiger partial charge in [-0.05, 0) is 37.1 Å². The number of aromatic amines is 1. The lowest BCUT2D eigenvalue weighted by atomic mass is 9.94. The Kier molecular flexibility index (Phi) is 3.79. The minimum absolute atomic E-state index is 0.0737. The minimum atomic E-state index is 0.0737. The van der Waals surface area contributed by atoms with Crippen molar-refractivity contribution in [2.75, 3.05) is 26.2 Å². The zero-order valence-corrected chi connectivity index (χ0v) is 14.7. The predicted molar refractivity (Wildman–Crippen MR) is 96.5 cm³/mol. The molecule has 2 unspecified atom stereocenters. The molecule has 5 heteroatoms. The third-order valence-corrected chi connectivity index (χ3v) is 6.05. The molecule has 0 saturated carbocycles. The molecule has 2 fully saturated rings. The largest absolute Gasteiger partial charge is 0.486 e. The van der Waals surface area contributed by atoms with Crippen LogP contribution in [0.25, 0.3) is 0 Å². The summed E-state index contributed by atoms with van der Waals surface area (Å²) in [6.45, 7) is 6.62. The molecule has 3 aliphatic heterocycles. The first-order chi connectivity index (χ1) is 12.3. The number of nitrogens with zero attached hydrogens (tertiary/aromatic N) is 3. The molecule has 0 radical (unpaired) electrons. The van der Waals surface area contributed by atoms with Crippen molar-refractivity contribution in [2.24, 2.45) is 0 Å². The van der Waals surface area contributed by atoms with Crippen LogP contribution in [0.4, 0.5) is 0 Å². The highest BCUT2D eigenvalue weighted by Gasteiger charge is 2.42. The summed E-state index contributed by atoms with van der Waals surface area (Å²) >= 11 is 0. The van der Waals surface area contributed by atoms with Crippen LogP contribution in [0.1, 0.15) is 36.1 Å². The number of rotatable bonds is 4. The average molecular weight is 338 g/mol. The first-order valence-electron chi connectivity index (χ1n) is 9.52. The van der Waals surface area contributed by atoms with E-state index in [9.17, 15) is 0 Å². The van der Waals surface area contributed by atoms with Gasteiger partial charge in [-0.25, -0.2) is 0 Å². The summed E-state index contributed by atoms with van der Waals surface area (Å²) in [4.78, 5) is 5.03. The van der Waals surface area contributed by atoms with Gasteiger partial charge in [0.25, 0.3) is 0 Å². The second-order valence-electron chi connectivity index (χ2n) is 7.89. The van der Waals surface area contributed by atoms with Crippen LogP contribution < -0.4 is 4.74 Å². The van der Waals surface area contributed by atoms with E-state index in [4.69, 9.17) is 4.74 Å². The van der Waals surface area contributed by atoms with Gasteiger partial charge >= 0.3 is 0 Å². The highest BCUT2D eigenvalue weighted by molar-refractivity contribution is 5.29. The molecule has 132 valence electrons. The van der Waals surface area contributed by atoms with Crippen molar-refractivity contribution in [1.82, 2.24) is 20.0 Å². The monoisotopic (exact) mass is 338 g/mol. The summed E-state index contributed by atoms with van der Waals surface area (Å²) in [5.74, 6) is 1.03. The molecule has 1 N–H and O–H groups in total. The Balaban J connectivity index is 1.22. The Morgan fingerprint density at radius 2 is 2.04 bits per heavy atom. The first kappa shape index (κ1) is 15.4. The van der Waals surface area contributed by atoms with Gasteiger partial charge < -0.3 is 4.74 Å². The van der Waals surface area contributed by atoms with E-state index < -0.39 is 0 Å². The van der Waals surface area contributed by atoms with Gasteiger partial charge in [-0.1, -0.05) is 12.1 Å². The number of H-pyrrole nitrogens is 1. The number of aromatic nitrogens is 2. The van der Waals surface area contributed by atoms with Gasteiger partial charge in [0, 0.05) is 56.8 Å². The molecule has 2 aromatic rings. The normalized spacial score (nSPS) is 28.7. The second-order valence-corrected chi connectivity index (χ2v) is 7.89. The molecule has 3 aliphatic rings. The summed E-state index contributed by atoms with van der Waals surface area (Å²) in [5.41, 5.74) is 4.07. The van der Waals surface area contributed by atoms with Gasteiger partial charge in [-0.2, -0.15) is 5.10 Å². The van der Waals surface area contributed by atoms with E-state index in [2.05, 4.69) is 44.3 Å². The SMILES string of the molecule is c1cc(OC23CCCN(CC2)C3)ccc1CN1CCc2[nH]ncc2C1. The molecule has 2 atom stereocenters. The highest BCUT2D eigenvalue weighted by atomic mass is 16.5. The fourth-order valence-corrected chi connectivity index (χ4v) is 4.67. The van der Waals surface area contributed by atoms with Crippen LogP contribution in [0.15, 0.2) is 30.5 Å². The summed E-state index contributed by atoms with van der Waals surface area (Å²) in [6.07, 6.45) is 6.67. The fourth-order valence-electron chi connectivity index (χ4n) is 4.67. The van der Waals surface area contributed by atoms with Crippen molar-refractivity contribution in [2.45, 2.75) is 44.4 Å². The molecular formula is C20H26N4O. The molecule has 5 nitrogen and oxygen atoms in total. The maximum Gasteiger partial charge on any atom is 0.123 e. The average Bonchev–Trinajstić information content (AvgIpc) is 3.20. The van der Waals surface area contributed by atoms with Gasteiger partial charge in [0.05, 0.1) is 6.20 Å². The number of hydrogen-bond acceptors (Lipinski definition) is 4. The Hall–Kier alpha value is -1.85. The van der Waals surface area contributed by atoms with Gasteiger partial charge in [-0.3, -0.25) is 14.9 Å². The van der Waals surface area contributed by atoms with Crippen molar-refractivity contribution < 1.29 is 4.74 Å². The van der Waals surface area contributed by atoms with Crippen molar-refractivity contribution >= 4 is 0 Å². The van der Waals surface area contributed by atoms with Crippen LogP contribution >= 0.6 is 0 Å². The molecule has 2 saturated heterocycles. The molecule has 0 aliphatic carbocycles. The van der Waals surface area contributed by atoms with E-state index in [0.717, 1.165) is 38.3 Å². The molecular weight excluding hydrogens is 312 g/mol. The third kappa shape index (κ3) is 3.07. The molecule has 25 heavy (non-hydrogen) atoms. The van der Waals surface area contributed by atoms with Crippen molar-refractivity contribution in [1.29, 1.82) is 0 Å². The molecule has 2 bridgehead atoms. The Morgan fingerprint density at radius 3 is 2.96 bits per heavy atom. The summed E-state index contributed by atoms with van der Waals surface area (Å²) < 4.78 is 6.45. The van der Waals surface area contributed by atoms with Crippen molar-refractivity contribution in [3.8, 4) is 5.75 Å². The van der Waals surface area contributed by atoms with Gasteiger partial charge in [-0.15, -0.1) is 0 Å². The molecule has 5 rings (SSSR count). The van der Waals surface area contributed by atoms with Crippen LogP contribution in [-0.4, -0.2) is 51.8 Å². The first-order valence-corrected chi connectivity index (χ1v) is 9.52. The Bertz CT molecular complexity index is 736. The lowest BCUT2D eigenvalue weighted by Crippen LogP contribution is -2.43. The second kappa shape index (κ2) is 6.15. The van der Waals surface area contributed by atoms with E-state index in [1.165, 1.54) is 49.2 Å². The van der Waals surface area contributed by atoms with Crippen LogP contribution in [0.3, 0.4) is 0 Å². The standard InChI is InChI=1S/C20H26N4O/c1-7-20(8-11-23(9-1)15-20)25-18-4-2-16(3-5-18)13-24-10-6-19-17(14-24)12-21-22-19/h2-5,12H,1,6-11,13-15H2,(H,21,22). The van der Waals surface area contributed by atoms with E-state index >= 15 is 0 Å². The van der Waals surface area contributed by atoms with Crippen LogP contribution in [0.5, 0.6) is 5.75 Å². The van der Waals surface area contributed by atoms with E-state index in [1.807, 2.05) is 6.20 Å². The van der Waals surface area contributed by atoms with E-state index in [1.54, 1.807) is 0 Å². The maximum atomic E-state index is 6.45. The number of benzene rings is 1. The lowest BCUT2D eigenvalue weighted by Gasteiger charge is -2.34. The zero-order valence-electron chi connectivity index (χ0n) is 14.7. The van der Waals surface area contributed by atoms with Crippen molar-refractivity contribution in [3.63, 3.8) is 0 Å². The van der Waals surface area contributed by atoms with Crippen molar-refractivity contribution in [3.05, 3.63) is 47.3 Å². The molecule has 0 spiro atoms. The molecule has 4 heterocycles. The lowest BCUT2D eigenvalue weighted by molar-refractivity contribution is 0.0452. The Labute approximate surface area is 149 Å². The number of hydrogen-bond donors (Lipinski definition) is 1. The number of ether oxygens (including phenoxy) is 1. The number of piperidine rings is 1. The highest BCUT2D eigenvalue weighted by Crippen LogP contribution is 2.35. The molecule has 1 aromatic heterocycles. The van der Waals surface area contributed by atoms with Gasteiger partial charge in [0.1, 0.15) is 11.4 Å². The maximum absolute atomic E-state index is 6.45. The fraction of sp³-hybridized carbons (Fsp3) is 0.550. The van der Waals surface area contributed by atoms with Gasteiger partial charge in [0.2, 0.25) is 0 Å². The Morgan fingerprint density at radius 1 is 1.12 bits per heavy atom.